The monoisotopic (exact) mass is 284 g/mol. The average molecular weight is 284 g/mol. The minimum atomic E-state index is -0.513. The molecule has 0 spiro atoms. The van der Waals surface area contributed by atoms with E-state index in [-0.39, 0.29) is 10.7 Å². The lowest BCUT2D eigenvalue weighted by molar-refractivity contribution is -0.386. The molecule has 0 bridgehead atoms. The molecule has 6 heteroatoms. The van der Waals surface area contributed by atoms with E-state index in [2.05, 4.69) is 4.98 Å². The van der Waals surface area contributed by atoms with Crippen molar-refractivity contribution in [1.82, 2.24) is 4.98 Å². The quantitative estimate of drug-likeness (QED) is 0.344. The second kappa shape index (κ2) is 3.31. The minimum absolute atomic E-state index is 0.0573. The summed E-state index contributed by atoms with van der Waals surface area (Å²) in [6.45, 7) is 0. The van der Waals surface area contributed by atoms with Crippen LogP contribution in [0.1, 0.15) is 0 Å². The second-order valence-electron chi connectivity index (χ2n) is 1.72. The van der Waals surface area contributed by atoms with Crippen molar-refractivity contribution in [2.45, 2.75) is 0 Å². The summed E-state index contributed by atoms with van der Waals surface area (Å²) in [6.07, 6.45) is 1.37. The van der Waals surface area contributed by atoms with E-state index in [0.717, 1.165) is 0 Å². The number of rotatable bonds is 1. The summed E-state index contributed by atoms with van der Waals surface area (Å²) in [5.41, 5.74) is -0.0573. The summed E-state index contributed by atoms with van der Waals surface area (Å²) in [6, 6.07) is 1.27. The van der Waals surface area contributed by atoms with Crippen LogP contribution in [0, 0.1) is 13.8 Å². The maximum atomic E-state index is 10.3. The van der Waals surface area contributed by atoms with Crippen LogP contribution in [0.25, 0.3) is 0 Å². The highest BCUT2D eigenvalue weighted by molar-refractivity contribution is 14.1. The Labute approximate surface area is 80.9 Å². The number of hydrogen-bond donors (Lipinski definition) is 0. The standard InChI is InChI=1S/C5H2ClIN2O2/c6-3-1-4(9(10)11)5(7)8-2-3/h1-2H. The predicted molar refractivity (Wildman–Crippen MR) is 48.6 cm³/mol. The number of nitro groups is 1. The Morgan fingerprint density at radius 2 is 2.36 bits per heavy atom. The fraction of sp³-hybridized carbons (Fsp3) is 0. The van der Waals surface area contributed by atoms with Crippen LogP contribution in [0.4, 0.5) is 5.69 Å². The normalized spacial score (nSPS) is 9.64. The fourth-order valence-corrected chi connectivity index (χ4v) is 1.18. The van der Waals surface area contributed by atoms with Crippen molar-refractivity contribution in [2.24, 2.45) is 0 Å². The van der Waals surface area contributed by atoms with Crippen molar-refractivity contribution in [2.75, 3.05) is 0 Å². The van der Waals surface area contributed by atoms with E-state index in [9.17, 15) is 10.1 Å². The third-order valence-electron chi connectivity index (χ3n) is 0.984. The van der Waals surface area contributed by atoms with Crippen LogP contribution in [-0.4, -0.2) is 9.91 Å². The van der Waals surface area contributed by atoms with Gasteiger partial charge in [0, 0.05) is 12.3 Å². The van der Waals surface area contributed by atoms with E-state index in [4.69, 9.17) is 11.6 Å². The lowest BCUT2D eigenvalue weighted by Gasteiger charge is -1.93. The molecule has 0 aromatic carbocycles. The topological polar surface area (TPSA) is 56.0 Å². The molecule has 0 fully saturated rings. The highest BCUT2D eigenvalue weighted by Crippen LogP contribution is 2.21. The van der Waals surface area contributed by atoms with Crippen LogP contribution in [-0.2, 0) is 0 Å². The zero-order valence-electron chi connectivity index (χ0n) is 5.12. The van der Waals surface area contributed by atoms with E-state index in [1.165, 1.54) is 12.3 Å². The van der Waals surface area contributed by atoms with Gasteiger partial charge in [-0.25, -0.2) is 4.98 Å². The van der Waals surface area contributed by atoms with E-state index in [1.54, 1.807) is 22.6 Å². The van der Waals surface area contributed by atoms with Gasteiger partial charge >= 0.3 is 5.69 Å². The summed E-state index contributed by atoms with van der Waals surface area (Å²) < 4.78 is 0.344. The van der Waals surface area contributed by atoms with Crippen molar-refractivity contribution in [1.29, 1.82) is 0 Å². The van der Waals surface area contributed by atoms with Gasteiger partial charge in [0.1, 0.15) is 0 Å². The second-order valence-corrected chi connectivity index (χ2v) is 3.18. The van der Waals surface area contributed by atoms with Gasteiger partial charge in [-0.1, -0.05) is 11.6 Å². The molecule has 1 heterocycles. The number of aromatic nitrogens is 1. The van der Waals surface area contributed by atoms with Gasteiger partial charge in [0.25, 0.3) is 0 Å². The van der Waals surface area contributed by atoms with Crippen LogP contribution in [0.15, 0.2) is 12.3 Å². The smallest absolute Gasteiger partial charge is 0.258 e. The zero-order chi connectivity index (χ0) is 8.43. The Kier molecular flexibility index (Phi) is 2.61. The maximum absolute atomic E-state index is 10.3. The highest BCUT2D eigenvalue weighted by atomic mass is 127. The van der Waals surface area contributed by atoms with Crippen LogP contribution in [0.5, 0.6) is 0 Å². The Balaban J connectivity index is 3.23. The van der Waals surface area contributed by atoms with E-state index >= 15 is 0 Å². The summed E-state index contributed by atoms with van der Waals surface area (Å²) in [5.74, 6) is 0. The van der Waals surface area contributed by atoms with Gasteiger partial charge in [0.15, 0.2) is 3.70 Å². The molecule has 0 saturated heterocycles. The molecule has 0 unspecified atom stereocenters. The number of pyridine rings is 1. The SMILES string of the molecule is O=[N+]([O-])c1cc(Cl)cnc1I. The van der Waals surface area contributed by atoms with Gasteiger partial charge in [-0.2, -0.15) is 0 Å². The molecule has 0 radical (unpaired) electrons. The maximum Gasteiger partial charge on any atom is 0.302 e. The molecule has 58 valence electrons. The molecule has 1 rings (SSSR count). The van der Waals surface area contributed by atoms with Crippen molar-refractivity contribution in [3.05, 3.63) is 31.1 Å². The van der Waals surface area contributed by atoms with Crippen LogP contribution < -0.4 is 0 Å². The molecule has 0 N–H and O–H groups in total. The lowest BCUT2D eigenvalue weighted by atomic mass is 10.4. The molecule has 1 aromatic heterocycles. The Morgan fingerprint density at radius 1 is 1.73 bits per heavy atom. The molecular weight excluding hydrogens is 282 g/mol. The molecular formula is C5H2ClIN2O2. The van der Waals surface area contributed by atoms with Crippen LogP contribution in [0.2, 0.25) is 5.02 Å². The largest absolute Gasteiger partial charge is 0.302 e. The van der Waals surface area contributed by atoms with Gasteiger partial charge in [-0.3, -0.25) is 10.1 Å². The molecule has 0 atom stereocenters. The summed E-state index contributed by atoms with van der Waals surface area (Å²) in [4.78, 5) is 13.5. The van der Waals surface area contributed by atoms with Crippen molar-refractivity contribution in [3.8, 4) is 0 Å². The lowest BCUT2D eigenvalue weighted by Crippen LogP contribution is -1.93. The first-order valence-corrected chi connectivity index (χ1v) is 4.02. The molecule has 0 aliphatic heterocycles. The van der Waals surface area contributed by atoms with Gasteiger partial charge in [-0.05, 0) is 22.6 Å². The average Bonchev–Trinajstić information content (AvgIpc) is 1.94. The third-order valence-corrected chi connectivity index (χ3v) is 2.02. The van der Waals surface area contributed by atoms with Crippen LogP contribution in [0.3, 0.4) is 0 Å². The summed E-state index contributed by atoms with van der Waals surface area (Å²) >= 11 is 7.27. The number of nitrogens with zero attached hydrogens (tertiary/aromatic N) is 2. The minimum Gasteiger partial charge on any atom is -0.258 e. The molecule has 1 aromatic rings. The Hall–Kier alpha value is -0.430. The van der Waals surface area contributed by atoms with E-state index in [0.29, 0.717) is 3.70 Å². The zero-order valence-corrected chi connectivity index (χ0v) is 8.03. The van der Waals surface area contributed by atoms with Crippen molar-refractivity contribution in [3.63, 3.8) is 0 Å². The molecule has 4 nitrogen and oxygen atoms in total. The van der Waals surface area contributed by atoms with Crippen molar-refractivity contribution < 1.29 is 4.92 Å². The predicted octanol–water partition coefficient (Wildman–Crippen LogP) is 2.25. The van der Waals surface area contributed by atoms with Gasteiger partial charge < -0.3 is 0 Å². The van der Waals surface area contributed by atoms with Crippen molar-refractivity contribution >= 4 is 39.9 Å². The molecule has 0 saturated carbocycles. The number of halogens is 2. The van der Waals surface area contributed by atoms with E-state index in [1.807, 2.05) is 0 Å². The van der Waals surface area contributed by atoms with Gasteiger partial charge in [-0.15, -0.1) is 0 Å². The summed E-state index contributed by atoms with van der Waals surface area (Å²) in [5, 5.41) is 10.6. The molecule has 0 aliphatic carbocycles. The Bertz CT molecular complexity index is 305. The third kappa shape index (κ3) is 2.00. The Morgan fingerprint density at radius 3 is 2.82 bits per heavy atom. The van der Waals surface area contributed by atoms with Crippen LogP contribution >= 0.6 is 34.2 Å². The number of hydrogen-bond acceptors (Lipinski definition) is 3. The van der Waals surface area contributed by atoms with E-state index < -0.39 is 4.92 Å². The summed E-state index contributed by atoms with van der Waals surface area (Å²) in [7, 11) is 0. The first kappa shape index (κ1) is 8.66. The first-order valence-electron chi connectivity index (χ1n) is 2.56. The molecule has 11 heavy (non-hydrogen) atoms. The molecule has 0 amide bonds. The van der Waals surface area contributed by atoms with Gasteiger partial charge in [0.2, 0.25) is 0 Å². The highest BCUT2D eigenvalue weighted by Gasteiger charge is 2.12. The van der Waals surface area contributed by atoms with Gasteiger partial charge in [0.05, 0.1) is 9.95 Å². The molecule has 0 aliphatic rings. The first-order chi connectivity index (χ1) is 5.11. The fourth-order valence-electron chi connectivity index (χ4n) is 0.540.